The Kier molecular flexibility index (Phi) is 7.28. The van der Waals surface area contributed by atoms with Crippen LogP contribution in [0.25, 0.3) is 6.08 Å². The molecule has 146 valence electrons. The summed E-state index contributed by atoms with van der Waals surface area (Å²) in [4.78, 5) is 12.5. The summed E-state index contributed by atoms with van der Waals surface area (Å²) in [6.07, 6.45) is 1.45. The zero-order chi connectivity index (χ0) is 20.5. The molecule has 2 aromatic rings. The number of nitrogens with one attached hydrogen (secondary N) is 1. The van der Waals surface area contributed by atoms with Gasteiger partial charge in [-0.15, -0.1) is 0 Å². The van der Waals surface area contributed by atoms with E-state index in [-0.39, 0.29) is 5.57 Å². The average Bonchev–Trinajstić information content (AvgIpc) is 2.72. The van der Waals surface area contributed by atoms with Crippen LogP contribution >= 0.6 is 0 Å². The number of rotatable bonds is 8. The summed E-state index contributed by atoms with van der Waals surface area (Å²) < 4.78 is 21.2. The van der Waals surface area contributed by atoms with Crippen molar-refractivity contribution in [2.75, 3.05) is 33.3 Å². The van der Waals surface area contributed by atoms with Crippen LogP contribution in [0, 0.1) is 11.3 Å². The molecule has 0 atom stereocenters. The molecule has 0 aliphatic carbocycles. The van der Waals surface area contributed by atoms with Crippen LogP contribution in [0.4, 0.5) is 5.69 Å². The van der Waals surface area contributed by atoms with E-state index in [1.165, 1.54) is 27.4 Å². The molecule has 7 heteroatoms. The summed E-state index contributed by atoms with van der Waals surface area (Å²) in [5.41, 5.74) is 1.05. The number of carbonyl (C=O) groups is 1. The first-order valence-corrected chi connectivity index (χ1v) is 8.52. The Morgan fingerprint density at radius 1 is 1.07 bits per heavy atom. The van der Waals surface area contributed by atoms with E-state index < -0.39 is 5.91 Å². The van der Waals surface area contributed by atoms with Crippen molar-refractivity contribution in [2.24, 2.45) is 0 Å². The SMILES string of the molecule is CCOc1ccc(NC(=O)/C(C#N)=C/c2cc(OC)c(OC)c(OC)c2)cc1. The first-order valence-electron chi connectivity index (χ1n) is 8.52. The molecule has 0 aliphatic heterocycles. The third kappa shape index (κ3) is 4.95. The predicted octanol–water partition coefficient (Wildman–Crippen LogP) is 3.66. The molecule has 0 fully saturated rings. The van der Waals surface area contributed by atoms with Crippen LogP contribution in [0.2, 0.25) is 0 Å². The van der Waals surface area contributed by atoms with E-state index in [0.717, 1.165) is 0 Å². The normalized spacial score (nSPS) is 10.6. The Labute approximate surface area is 164 Å². The largest absolute Gasteiger partial charge is 0.494 e. The Balaban J connectivity index is 2.27. The minimum absolute atomic E-state index is 0.0665. The lowest BCUT2D eigenvalue weighted by atomic mass is 10.1. The van der Waals surface area contributed by atoms with Crippen molar-refractivity contribution in [1.29, 1.82) is 5.26 Å². The molecule has 0 heterocycles. The summed E-state index contributed by atoms with van der Waals surface area (Å²) in [5.74, 6) is 1.46. The molecule has 0 bridgehead atoms. The Hall–Kier alpha value is -3.66. The number of hydrogen-bond donors (Lipinski definition) is 1. The van der Waals surface area contributed by atoms with Gasteiger partial charge in [0.2, 0.25) is 5.75 Å². The third-order valence-electron chi connectivity index (χ3n) is 3.79. The fourth-order valence-electron chi connectivity index (χ4n) is 2.50. The number of methoxy groups -OCH3 is 3. The van der Waals surface area contributed by atoms with Crippen LogP contribution in [-0.4, -0.2) is 33.8 Å². The number of hydrogen-bond acceptors (Lipinski definition) is 6. The lowest BCUT2D eigenvalue weighted by Gasteiger charge is -2.13. The second kappa shape index (κ2) is 9.88. The second-order valence-electron chi connectivity index (χ2n) is 5.54. The van der Waals surface area contributed by atoms with Gasteiger partial charge >= 0.3 is 0 Å². The molecular formula is C21H22N2O5. The number of anilines is 1. The number of amides is 1. The van der Waals surface area contributed by atoms with Gasteiger partial charge < -0.3 is 24.3 Å². The van der Waals surface area contributed by atoms with Crippen molar-refractivity contribution in [2.45, 2.75) is 6.92 Å². The van der Waals surface area contributed by atoms with Gasteiger partial charge in [-0.05, 0) is 55.0 Å². The summed E-state index contributed by atoms with van der Waals surface area (Å²) >= 11 is 0. The van der Waals surface area contributed by atoms with Gasteiger partial charge in [0.1, 0.15) is 17.4 Å². The Morgan fingerprint density at radius 2 is 1.68 bits per heavy atom. The topological polar surface area (TPSA) is 89.8 Å². The van der Waals surface area contributed by atoms with Gasteiger partial charge in [-0.25, -0.2) is 0 Å². The molecule has 0 saturated heterocycles. The number of ether oxygens (including phenoxy) is 4. The van der Waals surface area contributed by atoms with Crippen LogP contribution in [0.3, 0.4) is 0 Å². The highest BCUT2D eigenvalue weighted by Gasteiger charge is 2.15. The number of benzene rings is 2. The van der Waals surface area contributed by atoms with E-state index in [9.17, 15) is 10.1 Å². The molecular weight excluding hydrogens is 360 g/mol. The van der Waals surface area contributed by atoms with Crippen LogP contribution in [0.5, 0.6) is 23.0 Å². The van der Waals surface area contributed by atoms with Gasteiger partial charge in [-0.1, -0.05) is 0 Å². The quantitative estimate of drug-likeness (QED) is 0.554. The van der Waals surface area contributed by atoms with Gasteiger partial charge in [-0.2, -0.15) is 5.26 Å². The summed E-state index contributed by atoms with van der Waals surface area (Å²) in [6, 6.07) is 12.1. The van der Waals surface area contributed by atoms with E-state index in [4.69, 9.17) is 18.9 Å². The molecule has 0 unspecified atom stereocenters. The van der Waals surface area contributed by atoms with Crippen molar-refractivity contribution in [1.82, 2.24) is 0 Å². The van der Waals surface area contributed by atoms with Crippen molar-refractivity contribution in [3.8, 4) is 29.1 Å². The highest BCUT2D eigenvalue weighted by Crippen LogP contribution is 2.38. The summed E-state index contributed by atoms with van der Waals surface area (Å²) in [7, 11) is 4.49. The molecule has 2 rings (SSSR count). The van der Waals surface area contributed by atoms with Crippen molar-refractivity contribution in [3.63, 3.8) is 0 Å². The van der Waals surface area contributed by atoms with E-state index in [1.807, 2.05) is 13.0 Å². The van der Waals surface area contributed by atoms with Crippen molar-refractivity contribution in [3.05, 3.63) is 47.5 Å². The lowest BCUT2D eigenvalue weighted by Crippen LogP contribution is -2.13. The van der Waals surface area contributed by atoms with E-state index >= 15 is 0 Å². The average molecular weight is 382 g/mol. The molecule has 0 aliphatic rings. The van der Waals surface area contributed by atoms with Gasteiger partial charge in [-0.3, -0.25) is 4.79 Å². The molecule has 2 aromatic carbocycles. The maximum Gasteiger partial charge on any atom is 0.266 e. The molecule has 0 spiro atoms. The van der Waals surface area contributed by atoms with Crippen LogP contribution < -0.4 is 24.3 Å². The monoisotopic (exact) mass is 382 g/mol. The highest BCUT2D eigenvalue weighted by molar-refractivity contribution is 6.09. The fourth-order valence-corrected chi connectivity index (χ4v) is 2.50. The van der Waals surface area contributed by atoms with E-state index in [0.29, 0.717) is 40.9 Å². The smallest absolute Gasteiger partial charge is 0.266 e. The van der Waals surface area contributed by atoms with Crippen LogP contribution in [0.1, 0.15) is 12.5 Å². The van der Waals surface area contributed by atoms with Crippen LogP contribution in [-0.2, 0) is 4.79 Å². The van der Waals surface area contributed by atoms with E-state index in [2.05, 4.69) is 5.32 Å². The maximum atomic E-state index is 12.5. The zero-order valence-electron chi connectivity index (χ0n) is 16.2. The second-order valence-corrected chi connectivity index (χ2v) is 5.54. The predicted molar refractivity (Wildman–Crippen MR) is 106 cm³/mol. The maximum absolute atomic E-state index is 12.5. The van der Waals surface area contributed by atoms with Crippen molar-refractivity contribution >= 4 is 17.7 Å². The molecule has 0 aromatic heterocycles. The zero-order valence-corrected chi connectivity index (χ0v) is 16.2. The molecule has 0 saturated carbocycles. The van der Waals surface area contributed by atoms with Gasteiger partial charge in [0.15, 0.2) is 11.5 Å². The van der Waals surface area contributed by atoms with Gasteiger partial charge in [0.05, 0.1) is 27.9 Å². The van der Waals surface area contributed by atoms with Gasteiger partial charge in [0, 0.05) is 5.69 Å². The third-order valence-corrected chi connectivity index (χ3v) is 3.79. The highest BCUT2D eigenvalue weighted by atomic mass is 16.5. The summed E-state index contributed by atoms with van der Waals surface area (Å²) in [5, 5.41) is 12.1. The lowest BCUT2D eigenvalue weighted by molar-refractivity contribution is -0.112. The number of nitriles is 1. The minimum atomic E-state index is -0.527. The first-order chi connectivity index (χ1) is 13.6. The summed E-state index contributed by atoms with van der Waals surface area (Å²) in [6.45, 7) is 2.45. The molecule has 7 nitrogen and oxygen atoms in total. The molecule has 1 N–H and O–H groups in total. The fraction of sp³-hybridized carbons (Fsp3) is 0.238. The molecule has 1 amide bonds. The van der Waals surface area contributed by atoms with Crippen molar-refractivity contribution < 1.29 is 23.7 Å². The Bertz CT molecular complexity index is 873. The number of nitrogens with zero attached hydrogens (tertiary/aromatic N) is 1. The van der Waals surface area contributed by atoms with Crippen LogP contribution in [0.15, 0.2) is 42.0 Å². The Morgan fingerprint density at radius 3 is 2.14 bits per heavy atom. The standard InChI is InChI=1S/C21H22N2O5/c1-5-28-17-8-6-16(7-9-17)23-21(24)15(13-22)10-14-11-18(25-2)20(27-4)19(12-14)26-3/h6-12H,5H2,1-4H3,(H,23,24)/b15-10+. The van der Waals surface area contributed by atoms with E-state index in [1.54, 1.807) is 36.4 Å². The first kappa shape index (κ1) is 20.6. The van der Waals surface area contributed by atoms with Gasteiger partial charge in [0.25, 0.3) is 5.91 Å². The minimum Gasteiger partial charge on any atom is -0.494 e. The molecule has 0 radical (unpaired) electrons. The number of carbonyl (C=O) groups excluding carboxylic acids is 1. The molecule has 28 heavy (non-hydrogen) atoms.